The van der Waals surface area contributed by atoms with E-state index in [1.165, 1.54) is 0 Å². The molecule has 0 fully saturated rings. The summed E-state index contributed by atoms with van der Waals surface area (Å²) < 4.78 is 17.5. The zero-order valence-corrected chi connectivity index (χ0v) is 15.3. The fraction of sp³-hybridized carbons (Fsp3) is 1.00. The van der Waals surface area contributed by atoms with Crippen LogP contribution in [0, 0.1) is 0 Å². The molecule has 0 rings (SSSR count). The summed E-state index contributed by atoms with van der Waals surface area (Å²) in [5.41, 5.74) is 0. The van der Waals surface area contributed by atoms with Crippen molar-refractivity contribution in [3.05, 3.63) is 0 Å². The summed E-state index contributed by atoms with van der Waals surface area (Å²) >= 11 is 0. The monoisotopic (exact) mass is 307 g/mol. The van der Waals surface area contributed by atoms with Crippen LogP contribution in [0.1, 0.15) is 12.8 Å². The van der Waals surface area contributed by atoms with Crippen molar-refractivity contribution < 1.29 is 18.1 Å². The number of hydrogen-bond donors (Lipinski definition) is 1. The highest BCUT2D eigenvalue weighted by Gasteiger charge is 2.27. The lowest BCUT2D eigenvalue weighted by Gasteiger charge is -2.23. The van der Waals surface area contributed by atoms with Gasteiger partial charge in [-0.25, -0.2) is 0 Å². The van der Waals surface area contributed by atoms with Crippen LogP contribution >= 0.6 is 0 Å². The van der Waals surface area contributed by atoms with Gasteiger partial charge in [-0.05, 0) is 38.5 Å². The van der Waals surface area contributed by atoms with Crippen molar-refractivity contribution in [2.45, 2.75) is 25.4 Å². The molecule has 0 spiro atoms. The quantitative estimate of drug-likeness (QED) is 0.318. The Bertz CT molecular complexity index is 231. The molecule has 0 aromatic rings. The van der Waals surface area contributed by atoms with E-state index in [-0.39, 0.29) is 0 Å². The van der Waals surface area contributed by atoms with Crippen molar-refractivity contribution in [1.82, 2.24) is 5.32 Å². The minimum atomic E-state index is -1.87. The van der Waals surface area contributed by atoms with Crippen LogP contribution in [0.15, 0.2) is 0 Å². The highest BCUT2D eigenvalue weighted by Crippen LogP contribution is 2.12. The van der Waals surface area contributed by atoms with Gasteiger partial charge in [0.15, 0.2) is 0 Å². The summed E-state index contributed by atoms with van der Waals surface area (Å²) in [6.07, 6.45) is 2.17. The van der Waals surface area contributed by atoms with E-state index in [1.807, 2.05) is 0 Å². The van der Waals surface area contributed by atoms with E-state index in [2.05, 4.69) is 33.0 Å². The first-order chi connectivity index (χ1) is 9.33. The Balaban J connectivity index is 3.29. The molecular weight excluding hydrogens is 272 g/mol. The van der Waals surface area contributed by atoms with Crippen LogP contribution in [-0.4, -0.2) is 81.3 Å². The van der Waals surface area contributed by atoms with E-state index in [1.54, 1.807) is 14.2 Å². The molecule has 6 heteroatoms. The van der Waals surface area contributed by atoms with E-state index in [0.29, 0.717) is 0 Å². The Kier molecular flexibility index (Phi) is 10.7. The fourth-order valence-electron chi connectivity index (χ4n) is 1.69. The zero-order valence-electron chi connectivity index (χ0n) is 14.3. The number of hydrogen-bond acceptors (Lipinski definition) is 4. The minimum absolute atomic E-state index is 0.842. The molecule has 122 valence electrons. The molecule has 0 aliphatic heterocycles. The summed E-state index contributed by atoms with van der Waals surface area (Å²) in [5.74, 6) is 0. The average Bonchev–Trinajstić information content (AvgIpc) is 2.39. The molecule has 0 aromatic carbocycles. The SMILES string of the molecule is CO[Si](C)(CCCNCCCOCC[N+](C)(C)C)OC. The molecule has 1 N–H and O–H groups in total. The molecule has 0 bridgehead atoms. The van der Waals surface area contributed by atoms with Crippen LogP contribution in [0.5, 0.6) is 0 Å². The molecule has 5 nitrogen and oxygen atoms in total. The first kappa shape index (κ1) is 20.0. The van der Waals surface area contributed by atoms with E-state index in [9.17, 15) is 0 Å². The molecule has 0 aliphatic rings. The van der Waals surface area contributed by atoms with Crippen LogP contribution in [0.2, 0.25) is 12.6 Å². The number of rotatable bonds is 13. The van der Waals surface area contributed by atoms with Gasteiger partial charge in [0.2, 0.25) is 0 Å². The van der Waals surface area contributed by atoms with Gasteiger partial charge in [0.1, 0.15) is 6.54 Å². The van der Waals surface area contributed by atoms with Crippen molar-refractivity contribution in [3.8, 4) is 0 Å². The van der Waals surface area contributed by atoms with Crippen molar-refractivity contribution in [2.24, 2.45) is 0 Å². The highest BCUT2D eigenvalue weighted by atomic mass is 28.4. The predicted molar refractivity (Wildman–Crippen MR) is 86.3 cm³/mol. The lowest BCUT2D eigenvalue weighted by molar-refractivity contribution is -0.870. The van der Waals surface area contributed by atoms with Crippen molar-refractivity contribution in [1.29, 1.82) is 0 Å². The van der Waals surface area contributed by atoms with Crippen molar-refractivity contribution in [3.63, 3.8) is 0 Å². The zero-order chi connectivity index (χ0) is 15.5. The fourth-order valence-corrected chi connectivity index (χ4v) is 3.08. The Labute approximate surface area is 126 Å². The topological polar surface area (TPSA) is 39.7 Å². The molecule has 0 atom stereocenters. The van der Waals surface area contributed by atoms with Crippen molar-refractivity contribution >= 4 is 8.56 Å². The summed E-state index contributed by atoms with van der Waals surface area (Å²) in [4.78, 5) is 0. The van der Waals surface area contributed by atoms with Crippen LogP contribution in [0.4, 0.5) is 0 Å². The molecule has 0 radical (unpaired) electrons. The predicted octanol–water partition coefficient (Wildman–Crippen LogP) is 1.44. The standard InChI is InChI=1S/C14H35N2O3Si/c1-16(2,3)11-13-19-12-7-9-15-10-8-14-20(6,17-4)18-5/h15H,7-14H2,1-6H3/q+1. The lowest BCUT2D eigenvalue weighted by atomic mass is 10.4. The van der Waals surface area contributed by atoms with Gasteiger partial charge in [0, 0.05) is 20.8 Å². The molecule has 0 saturated carbocycles. The number of nitrogens with one attached hydrogen (secondary N) is 1. The molecule has 20 heavy (non-hydrogen) atoms. The molecule has 0 unspecified atom stereocenters. The number of nitrogens with zero attached hydrogens (tertiary/aromatic N) is 1. The molecule has 0 aromatic heterocycles. The van der Waals surface area contributed by atoms with E-state index in [4.69, 9.17) is 13.6 Å². The molecule has 0 amide bonds. The second kappa shape index (κ2) is 10.7. The number of likely N-dealkylation sites (N-methyl/N-ethyl adjacent to an activating group) is 1. The van der Waals surface area contributed by atoms with Gasteiger partial charge in [-0.1, -0.05) is 0 Å². The van der Waals surface area contributed by atoms with Crippen LogP contribution < -0.4 is 5.32 Å². The first-order valence-corrected chi connectivity index (χ1v) is 10.0. The lowest BCUT2D eigenvalue weighted by Crippen LogP contribution is -2.37. The summed E-state index contributed by atoms with van der Waals surface area (Å²) in [7, 11) is 8.17. The Morgan fingerprint density at radius 2 is 1.55 bits per heavy atom. The largest absolute Gasteiger partial charge is 0.398 e. The smallest absolute Gasteiger partial charge is 0.334 e. The second-order valence-corrected chi connectivity index (χ2v) is 9.96. The van der Waals surface area contributed by atoms with Crippen molar-refractivity contribution in [2.75, 3.05) is 68.2 Å². The minimum Gasteiger partial charge on any atom is -0.398 e. The highest BCUT2D eigenvalue weighted by molar-refractivity contribution is 6.65. The summed E-state index contributed by atoms with van der Waals surface area (Å²) in [5, 5.41) is 3.44. The molecule has 0 saturated heterocycles. The van der Waals surface area contributed by atoms with E-state index in [0.717, 1.165) is 56.2 Å². The third-order valence-electron chi connectivity index (χ3n) is 3.40. The Hall–Kier alpha value is 0.0169. The van der Waals surface area contributed by atoms with E-state index >= 15 is 0 Å². The number of quaternary nitrogens is 1. The maximum absolute atomic E-state index is 5.62. The summed E-state index contributed by atoms with van der Waals surface area (Å²) in [6.45, 7) is 6.89. The Morgan fingerprint density at radius 1 is 0.950 bits per heavy atom. The molecule has 0 heterocycles. The van der Waals surface area contributed by atoms with E-state index < -0.39 is 8.56 Å². The second-order valence-electron chi connectivity index (χ2n) is 6.38. The van der Waals surface area contributed by atoms with Gasteiger partial charge >= 0.3 is 8.56 Å². The third kappa shape index (κ3) is 11.8. The van der Waals surface area contributed by atoms with Gasteiger partial charge in [0.05, 0.1) is 27.7 Å². The third-order valence-corrected chi connectivity index (χ3v) is 6.39. The Morgan fingerprint density at radius 3 is 2.10 bits per heavy atom. The maximum atomic E-state index is 5.62. The molecular formula is C14H35N2O3Si+. The van der Waals surface area contributed by atoms with Gasteiger partial charge in [-0.15, -0.1) is 0 Å². The van der Waals surface area contributed by atoms with Gasteiger partial charge in [0.25, 0.3) is 0 Å². The first-order valence-electron chi connectivity index (χ1n) is 7.52. The van der Waals surface area contributed by atoms with Crippen LogP contribution in [0.25, 0.3) is 0 Å². The van der Waals surface area contributed by atoms with Crippen LogP contribution in [-0.2, 0) is 13.6 Å². The van der Waals surface area contributed by atoms with Gasteiger partial charge in [-0.3, -0.25) is 0 Å². The van der Waals surface area contributed by atoms with Crippen LogP contribution in [0.3, 0.4) is 0 Å². The normalized spacial score (nSPS) is 12.9. The van der Waals surface area contributed by atoms with Gasteiger partial charge < -0.3 is 23.4 Å². The molecule has 0 aliphatic carbocycles. The maximum Gasteiger partial charge on any atom is 0.334 e. The van der Waals surface area contributed by atoms with Gasteiger partial charge in [-0.2, -0.15) is 0 Å². The average molecular weight is 308 g/mol. The number of ether oxygens (including phenoxy) is 1. The summed E-state index contributed by atoms with van der Waals surface area (Å²) in [6, 6.07) is 1.03.